The maximum Gasteiger partial charge on any atom is 0.311 e. The summed E-state index contributed by atoms with van der Waals surface area (Å²) in [5, 5.41) is 9.21. The van der Waals surface area contributed by atoms with Crippen molar-refractivity contribution in [2.75, 3.05) is 7.11 Å². The highest BCUT2D eigenvalue weighted by Crippen LogP contribution is 2.30. The maximum atomic E-state index is 11.2. The first-order chi connectivity index (χ1) is 8.49. The van der Waals surface area contributed by atoms with Crippen LogP contribution in [0.5, 0.6) is 5.75 Å². The number of ether oxygens (including phenoxy) is 1. The van der Waals surface area contributed by atoms with E-state index in [1.54, 1.807) is 7.11 Å². The van der Waals surface area contributed by atoms with Crippen LogP contribution in [0.1, 0.15) is 44.2 Å². The van der Waals surface area contributed by atoms with E-state index in [-0.39, 0.29) is 0 Å². The smallest absolute Gasteiger partial charge is 0.311 e. The van der Waals surface area contributed by atoms with Crippen LogP contribution in [0.25, 0.3) is 0 Å². The standard InChI is InChI=1S/C15H22O3/c1-5-12(15(16)17)13-7-6-11(8-10(2)3)9-14(13)18-4/h6-7,9-10,12H,5,8H2,1-4H3,(H,16,17). The molecule has 3 nitrogen and oxygen atoms in total. The number of carboxylic acid groups (broad SMARTS) is 1. The SMILES string of the molecule is CCC(C(=O)O)c1ccc(CC(C)C)cc1OC. The van der Waals surface area contributed by atoms with Crippen LogP contribution in [-0.4, -0.2) is 18.2 Å². The number of rotatable bonds is 6. The zero-order valence-electron chi connectivity index (χ0n) is 11.6. The van der Waals surface area contributed by atoms with Gasteiger partial charge in [-0.1, -0.05) is 32.9 Å². The van der Waals surface area contributed by atoms with Crippen LogP contribution in [0, 0.1) is 5.92 Å². The molecule has 0 aliphatic carbocycles. The first-order valence-electron chi connectivity index (χ1n) is 6.39. The fourth-order valence-electron chi connectivity index (χ4n) is 2.17. The summed E-state index contributed by atoms with van der Waals surface area (Å²) in [5.74, 6) is -0.0372. The lowest BCUT2D eigenvalue weighted by molar-refractivity contribution is -0.138. The van der Waals surface area contributed by atoms with Crippen molar-refractivity contribution in [2.24, 2.45) is 5.92 Å². The summed E-state index contributed by atoms with van der Waals surface area (Å²) in [6, 6.07) is 5.85. The highest BCUT2D eigenvalue weighted by Gasteiger charge is 2.21. The number of benzene rings is 1. The molecule has 0 bridgehead atoms. The molecule has 3 heteroatoms. The van der Waals surface area contributed by atoms with Gasteiger partial charge in [0.05, 0.1) is 13.0 Å². The Hall–Kier alpha value is -1.51. The molecule has 1 N–H and O–H groups in total. The average Bonchev–Trinajstić information content (AvgIpc) is 2.30. The number of carbonyl (C=O) groups is 1. The third kappa shape index (κ3) is 3.49. The van der Waals surface area contributed by atoms with E-state index >= 15 is 0 Å². The number of methoxy groups -OCH3 is 1. The molecular formula is C15H22O3. The quantitative estimate of drug-likeness (QED) is 0.840. The van der Waals surface area contributed by atoms with E-state index in [4.69, 9.17) is 4.74 Å². The summed E-state index contributed by atoms with van der Waals surface area (Å²) in [7, 11) is 1.59. The van der Waals surface area contributed by atoms with Gasteiger partial charge in [-0.3, -0.25) is 4.79 Å². The summed E-state index contributed by atoms with van der Waals surface area (Å²) >= 11 is 0. The summed E-state index contributed by atoms with van der Waals surface area (Å²) in [6.45, 7) is 6.19. The van der Waals surface area contributed by atoms with Crippen LogP contribution >= 0.6 is 0 Å². The Bertz CT molecular complexity index is 410. The Balaban J connectivity index is 3.10. The van der Waals surface area contributed by atoms with Crippen molar-refractivity contribution in [3.8, 4) is 5.75 Å². The lowest BCUT2D eigenvalue weighted by Crippen LogP contribution is -2.12. The molecule has 0 saturated heterocycles. The van der Waals surface area contributed by atoms with E-state index in [2.05, 4.69) is 13.8 Å². The van der Waals surface area contributed by atoms with Crippen molar-refractivity contribution < 1.29 is 14.6 Å². The van der Waals surface area contributed by atoms with E-state index in [1.807, 2.05) is 25.1 Å². The molecule has 0 amide bonds. The van der Waals surface area contributed by atoms with Gasteiger partial charge in [0.15, 0.2) is 0 Å². The van der Waals surface area contributed by atoms with Crippen LogP contribution in [0.4, 0.5) is 0 Å². The topological polar surface area (TPSA) is 46.5 Å². The molecule has 0 aliphatic rings. The predicted molar refractivity (Wildman–Crippen MR) is 72.2 cm³/mol. The summed E-state index contributed by atoms with van der Waals surface area (Å²) in [5.41, 5.74) is 1.95. The minimum atomic E-state index is -0.799. The average molecular weight is 250 g/mol. The molecule has 0 radical (unpaired) electrons. The minimum absolute atomic E-state index is 0.493. The minimum Gasteiger partial charge on any atom is -0.496 e. The molecule has 0 aromatic heterocycles. The van der Waals surface area contributed by atoms with Gasteiger partial charge in [-0.25, -0.2) is 0 Å². The zero-order valence-corrected chi connectivity index (χ0v) is 11.6. The van der Waals surface area contributed by atoms with E-state index in [1.165, 1.54) is 5.56 Å². The molecule has 0 saturated carbocycles. The Kier molecular flexibility index (Phi) is 5.20. The van der Waals surface area contributed by atoms with Crippen LogP contribution < -0.4 is 4.74 Å². The number of aliphatic carboxylic acids is 1. The van der Waals surface area contributed by atoms with Crippen molar-refractivity contribution >= 4 is 5.97 Å². The highest BCUT2D eigenvalue weighted by atomic mass is 16.5. The molecule has 1 aromatic rings. The first kappa shape index (κ1) is 14.6. The molecule has 0 heterocycles. The molecule has 1 rings (SSSR count). The third-order valence-corrected chi connectivity index (χ3v) is 3.02. The number of hydrogen-bond acceptors (Lipinski definition) is 2. The fraction of sp³-hybridized carbons (Fsp3) is 0.533. The van der Waals surface area contributed by atoms with Crippen LogP contribution in [0.15, 0.2) is 18.2 Å². The molecule has 1 atom stereocenters. The second-order valence-electron chi connectivity index (χ2n) is 4.97. The predicted octanol–water partition coefficient (Wildman–Crippen LogP) is 3.47. The van der Waals surface area contributed by atoms with Crippen LogP contribution in [0.3, 0.4) is 0 Å². The van der Waals surface area contributed by atoms with E-state index in [9.17, 15) is 9.90 Å². The zero-order chi connectivity index (χ0) is 13.7. The lowest BCUT2D eigenvalue weighted by Gasteiger charge is -2.16. The highest BCUT2D eigenvalue weighted by molar-refractivity contribution is 5.77. The second-order valence-corrected chi connectivity index (χ2v) is 4.97. The third-order valence-electron chi connectivity index (χ3n) is 3.02. The Morgan fingerprint density at radius 1 is 1.39 bits per heavy atom. The summed E-state index contributed by atoms with van der Waals surface area (Å²) in [4.78, 5) is 11.2. The van der Waals surface area contributed by atoms with Crippen molar-refractivity contribution in [1.82, 2.24) is 0 Å². The Labute approximate surface area is 109 Å². The Morgan fingerprint density at radius 3 is 2.50 bits per heavy atom. The van der Waals surface area contributed by atoms with Crippen LogP contribution in [-0.2, 0) is 11.2 Å². The Morgan fingerprint density at radius 2 is 2.06 bits per heavy atom. The van der Waals surface area contributed by atoms with Gasteiger partial charge in [-0.05, 0) is 30.4 Å². The van der Waals surface area contributed by atoms with Gasteiger partial charge >= 0.3 is 5.97 Å². The van der Waals surface area contributed by atoms with Gasteiger partial charge < -0.3 is 9.84 Å². The second kappa shape index (κ2) is 6.43. The van der Waals surface area contributed by atoms with Gasteiger partial charge in [0.25, 0.3) is 0 Å². The molecular weight excluding hydrogens is 228 g/mol. The number of hydrogen-bond donors (Lipinski definition) is 1. The van der Waals surface area contributed by atoms with Gasteiger partial charge in [0.1, 0.15) is 5.75 Å². The molecule has 1 aromatic carbocycles. The summed E-state index contributed by atoms with van der Waals surface area (Å²) < 4.78 is 5.34. The van der Waals surface area contributed by atoms with Crippen LogP contribution in [0.2, 0.25) is 0 Å². The van der Waals surface area contributed by atoms with Crippen molar-refractivity contribution in [3.05, 3.63) is 29.3 Å². The molecule has 1 unspecified atom stereocenters. The first-order valence-corrected chi connectivity index (χ1v) is 6.39. The molecule has 100 valence electrons. The largest absolute Gasteiger partial charge is 0.496 e. The van der Waals surface area contributed by atoms with Crippen molar-refractivity contribution in [3.63, 3.8) is 0 Å². The monoisotopic (exact) mass is 250 g/mol. The van der Waals surface area contributed by atoms with Crippen molar-refractivity contribution in [1.29, 1.82) is 0 Å². The fourth-order valence-corrected chi connectivity index (χ4v) is 2.17. The molecule has 0 aliphatic heterocycles. The summed E-state index contributed by atoms with van der Waals surface area (Å²) in [6.07, 6.45) is 1.54. The normalized spacial score (nSPS) is 12.5. The van der Waals surface area contributed by atoms with E-state index < -0.39 is 11.9 Å². The van der Waals surface area contributed by atoms with Gasteiger partial charge in [0, 0.05) is 5.56 Å². The number of carboxylic acids is 1. The van der Waals surface area contributed by atoms with E-state index in [0.29, 0.717) is 18.1 Å². The maximum absolute atomic E-state index is 11.2. The lowest BCUT2D eigenvalue weighted by atomic mass is 9.93. The van der Waals surface area contributed by atoms with Gasteiger partial charge in [-0.15, -0.1) is 0 Å². The van der Waals surface area contributed by atoms with Gasteiger partial charge in [0.2, 0.25) is 0 Å². The molecule has 0 fully saturated rings. The molecule has 18 heavy (non-hydrogen) atoms. The van der Waals surface area contributed by atoms with E-state index in [0.717, 1.165) is 12.0 Å². The van der Waals surface area contributed by atoms with Crippen molar-refractivity contribution in [2.45, 2.75) is 39.5 Å². The van der Waals surface area contributed by atoms with Gasteiger partial charge in [-0.2, -0.15) is 0 Å². The molecule has 0 spiro atoms.